The van der Waals surface area contributed by atoms with E-state index in [0.717, 1.165) is 27.5 Å². The summed E-state index contributed by atoms with van der Waals surface area (Å²) in [6, 6.07) is 20.7. The Morgan fingerprint density at radius 3 is 2.65 bits per heavy atom. The predicted molar refractivity (Wildman–Crippen MR) is 116 cm³/mol. The Balaban J connectivity index is 1.41. The smallest absolute Gasteiger partial charge is 0.336 e. The molecule has 0 saturated carbocycles. The molecule has 2 heterocycles. The second kappa shape index (κ2) is 7.95. The minimum absolute atomic E-state index is 0.285. The second-order valence-electron chi connectivity index (χ2n) is 7.12. The van der Waals surface area contributed by atoms with Crippen LogP contribution in [-0.4, -0.2) is 22.1 Å². The molecule has 0 fully saturated rings. The third-order valence-corrected chi connectivity index (χ3v) is 5.08. The Labute approximate surface area is 177 Å². The number of fused-ring (bicyclic) bond motifs is 3. The molecule has 0 N–H and O–H groups in total. The minimum atomic E-state index is -0.388. The van der Waals surface area contributed by atoms with E-state index in [-0.39, 0.29) is 12.2 Å². The molecule has 0 aliphatic heterocycles. The summed E-state index contributed by atoms with van der Waals surface area (Å²) in [5, 5.41) is 11.4. The van der Waals surface area contributed by atoms with Crippen LogP contribution < -0.4 is 15.1 Å². The number of hydrogen-bond acceptors (Lipinski definition) is 6. The van der Waals surface area contributed by atoms with E-state index in [2.05, 4.69) is 10.3 Å². The Morgan fingerprint density at radius 1 is 1.00 bits per heavy atom. The van der Waals surface area contributed by atoms with Crippen LogP contribution in [0.4, 0.5) is 0 Å². The number of rotatable bonds is 6. The molecule has 0 radical (unpaired) electrons. The quantitative estimate of drug-likeness (QED) is 0.307. The standard InChI is InChI=1S/C24H19N3O4/c1-29-19-7-9-20(10-8-19)30-15-18-14-27(26-25-18)13-17-12-23(28)31-22-11-6-16-4-2-3-5-21(16)24(17)22/h2-12,14H,13,15H2,1H3. The van der Waals surface area contributed by atoms with Gasteiger partial charge in [-0.1, -0.05) is 35.5 Å². The van der Waals surface area contributed by atoms with Gasteiger partial charge in [0.2, 0.25) is 0 Å². The van der Waals surface area contributed by atoms with Crippen LogP contribution in [0.2, 0.25) is 0 Å². The van der Waals surface area contributed by atoms with E-state index in [0.29, 0.717) is 23.6 Å². The monoisotopic (exact) mass is 413 g/mol. The first-order valence-electron chi connectivity index (χ1n) is 9.80. The lowest BCUT2D eigenvalue weighted by Crippen LogP contribution is -2.06. The fourth-order valence-corrected chi connectivity index (χ4v) is 3.63. The van der Waals surface area contributed by atoms with Crippen LogP contribution in [-0.2, 0) is 13.2 Å². The molecule has 0 amide bonds. The van der Waals surface area contributed by atoms with E-state index in [9.17, 15) is 4.79 Å². The Hall–Kier alpha value is -4.13. The van der Waals surface area contributed by atoms with Crippen molar-refractivity contribution in [1.29, 1.82) is 0 Å². The van der Waals surface area contributed by atoms with Crippen molar-refractivity contribution >= 4 is 21.7 Å². The molecule has 0 bridgehead atoms. The van der Waals surface area contributed by atoms with Gasteiger partial charge in [0, 0.05) is 11.5 Å². The molecule has 5 rings (SSSR count). The minimum Gasteiger partial charge on any atom is -0.497 e. The average Bonchev–Trinajstić information content (AvgIpc) is 3.24. The Kier molecular flexibility index (Phi) is 4.84. The summed E-state index contributed by atoms with van der Waals surface area (Å²) in [5.41, 5.74) is 1.69. The van der Waals surface area contributed by atoms with Gasteiger partial charge in [0.1, 0.15) is 29.4 Å². The maximum Gasteiger partial charge on any atom is 0.336 e. The van der Waals surface area contributed by atoms with Crippen molar-refractivity contribution in [2.45, 2.75) is 13.2 Å². The van der Waals surface area contributed by atoms with Crippen LogP contribution in [0.5, 0.6) is 11.5 Å². The molecule has 0 aliphatic rings. The zero-order valence-electron chi connectivity index (χ0n) is 16.8. The number of hydrogen-bond donors (Lipinski definition) is 0. The van der Waals surface area contributed by atoms with Gasteiger partial charge in [0.25, 0.3) is 0 Å². The van der Waals surface area contributed by atoms with Crippen molar-refractivity contribution in [3.8, 4) is 11.5 Å². The highest BCUT2D eigenvalue weighted by Crippen LogP contribution is 2.27. The molecule has 7 nitrogen and oxygen atoms in total. The molecule has 0 spiro atoms. The number of ether oxygens (including phenoxy) is 2. The van der Waals surface area contributed by atoms with E-state index in [4.69, 9.17) is 13.9 Å². The lowest BCUT2D eigenvalue weighted by molar-refractivity contribution is 0.300. The van der Waals surface area contributed by atoms with Crippen LogP contribution in [0.1, 0.15) is 11.3 Å². The van der Waals surface area contributed by atoms with E-state index < -0.39 is 0 Å². The summed E-state index contributed by atoms with van der Waals surface area (Å²) in [5.74, 6) is 1.49. The van der Waals surface area contributed by atoms with Crippen LogP contribution in [0.25, 0.3) is 21.7 Å². The topological polar surface area (TPSA) is 79.4 Å². The van der Waals surface area contributed by atoms with Gasteiger partial charge < -0.3 is 13.9 Å². The van der Waals surface area contributed by atoms with Crippen LogP contribution >= 0.6 is 0 Å². The van der Waals surface area contributed by atoms with E-state index in [1.165, 1.54) is 6.07 Å². The number of aromatic nitrogens is 3. The molecular formula is C24H19N3O4. The summed E-state index contributed by atoms with van der Waals surface area (Å²) in [7, 11) is 1.62. The number of methoxy groups -OCH3 is 1. The van der Waals surface area contributed by atoms with Gasteiger partial charge in [-0.2, -0.15) is 0 Å². The number of nitrogens with zero attached hydrogens (tertiary/aromatic N) is 3. The van der Waals surface area contributed by atoms with Crippen molar-refractivity contribution in [1.82, 2.24) is 15.0 Å². The fraction of sp³-hybridized carbons (Fsp3) is 0.125. The molecule has 2 aromatic heterocycles. The Morgan fingerprint density at radius 2 is 1.81 bits per heavy atom. The maximum atomic E-state index is 12.1. The molecule has 0 aliphatic carbocycles. The SMILES string of the molecule is COc1ccc(OCc2cn(Cc3cc(=O)oc4ccc5ccccc5c34)nn2)cc1. The first-order valence-corrected chi connectivity index (χ1v) is 9.80. The van der Waals surface area contributed by atoms with E-state index >= 15 is 0 Å². The highest BCUT2D eigenvalue weighted by Gasteiger charge is 2.11. The summed E-state index contributed by atoms with van der Waals surface area (Å²) >= 11 is 0. The summed E-state index contributed by atoms with van der Waals surface area (Å²) < 4.78 is 18.0. The third-order valence-electron chi connectivity index (χ3n) is 5.08. The lowest BCUT2D eigenvalue weighted by Gasteiger charge is -2.08. The summed E-state index contributed by atoms with van der Waals surface area (Å²) in [6.45, 7) is 0.679. The molecule has 154 valence electrons. The van der Waals surface area contributed by atoms with Gasteiger partial charge in [-0.05, 0) is 46.7 Å². The normalized spacial score (nSPS) is 11.1. The highest BCUT2D eigenvalue weighted by molar-refractivity contribution is 6.07. The molecule has 0 atom stereocenters. The zero-order valence-corrected chi connectivity index (χ0v) is 16.8. The largest absolute Gasteiger partial charge is 0.497 e. The molecule has 0 saturated heterocycles. The second-order valence-corrected chi connectivity index (χ2v) is 7.12. The first-order chi connectivity index (χ1) is 15.2. The first kappa shape index (κ1) is 18.9. The average molecular weight is 413 g/mol. The summed E-state index contributed by atoms with van der Waals surface area (Å²) in [6.07, 6.45) is 1.81. The molecule has 7 heteroatoms. The maximum absolute atomic E-state index is 12.1. The summed E-state index contributed by atoms with van der Waals surface area (Å²) in [4.78, 5) is 12.1. The molecule has 3 aromatic carbocycles. The van der Waals surface area contributed by atoms with Crippen molar-refractivity contribution in [2.75, 3.05) is 7.11 Å². The molecular weight excluding hydrogens is 394 g/mol. The van der Waals surface area contributed by atoms with Gasteiger partial charge in [-0.3, -0.25) is 0 Å². The zero-order chi connectivity index (χ0) is 21.2. The van der Waals surface area contributed by atoms with E-state index in [1.54, 1.807) is 11.8 Å². The van der Waals surface area contributed by atoms with Gasteiger partial charge >= 0.3 is 5.63 Å². The van der Waals surface area contributed by atoms with Crippen LogP contribution in [0, 0.1) is 0 Å². The van der Waals surface area contributed by atoms with E-state index in [1.807, 2.05) is 66.9 Å². The van der Waals surface area contributed by atoms with Gasteiger partial charge in [-0.25, -0.2) is 9.48 Å². The third kappa shape index (κ3) is 3.85. The van der Waals surface area contributed by atoms with Gasteiger partial charge in [0.05, 0.1) is 19.9 Å². The van der Waals surface area contributed by atoms with Crippen molar-refractivity contribution < 1.29 is 13.9 Å². The lowest BCUT2D eigenvalue weighted by atomic mass is 10.0. The Bertz CT molecular complexity index is 1420. The molecule has 31 heavy (non-hydrogen) atoms. The fourth-order valence-electron chi connectivity index (χ4n) is 3.63. The molecule has 0 unspecified atom stereocenters. The molecule has 5 aromatic rings. The number of benzene rings is 3. The van der Waals surface area contributed by atoms with Crippen LogP contribution in [0.3, 0.4) is 0 Å². The van der Waals surface area contributed by atoms with Gasteiger partial charge in [-0.15, -0.1) is 5.10 Å². The highest BCUT2D eigenvalue weighted by atomic mass is 16.5. The van der Waals surface area contributed by atoms with Crippen LogP contribution in [0.15, 0.2) is 82.1 Å². The van der Waals surface area contributed by atoms with Crippen molar-refractivity contribution in [3.63, 3.8) is 0 Å². The van der Waals surface area contributed by atoms with Crippen molar-refractivity contribution in [3.05, 3.63) is 94.6 Å². The predicted octanol–water partition coefficient (Wildman–Crippen LogP) is 4.17. The van der Waals surface area contributed by atoms with Gasteiger partial charge in [0.15, 0.2) is 0 Å². The van der Waals surface area contributed by atoms with Crippen molar-refractivity contribution in [2.24, 2.45) is 0 Å².